The fourth-order valence-electron chi connectivity index (χ4n) is 1.94. The molecular formula is C9H17N3O2S. The minimum atomic E-state index is -0.946. The van der Waals surface area contributed by atoms with Crippen molar-refractivity contribution in [2.45, 2.75) is 31.7 Å². The molecule has 0 radical (unpaired) electrons. The standard InChI is InChI=1S/C9H17N3O2S/c10-8(15)12-7-3-1-6(2-4-7)5-11-9(13)14/h6-7,11H,1-5H2,(H,13,14)(H3,10,12,15). The maximum Gasteiger partial charge on any atom is 0.404 e. The van der Waals surface area contributed by atoms with E-state index in [0.717, 1.165) is 25.7 Å². The third kappa shape index (κ3) is 4.83. The van der Waals surface area contributed by atoms with Gasteiger partial charge in [-0.25, -0.2) is 4.79 Å². The van der Waals surface area contributed by atoms with Crippen molar-refractivity contribution in [3.63, 3.8) is 0 Å². The van der Waals surface area contributed by atoms with Gasteiger partial charge in [0, 0.05) is 12.6 Å². The molecule has 6 heteroatoms. The molecule has 0 saturated heterocycles. The molecule has 86 valence electrons. The van der Waals surface area contributed by atoms with Gasteiger partial charge in [0.25, 0.3) is 0 Å². The molecule has 0 bridgehead atoms. The Morgan fingerprint density at radius 3 is 2.47 bits per heavy atom. The number of carbonyl (C=O) groups is 1. The summed E-state index contributed by atoms with van der Waals surface area (Å²) in [5.41, 5.74) is 5.39. The lowest BCUT2D eigenvalue weighted by Gasteiger charge is -2.29. The predicted molar refractivity (Wildman–Crippen MR) is 61.7 cm³/mol. The minimum absolute atomic E-state index is 0.349. The van der Waals surface area contributed by atoms with Gasteiger partial charge in [-0.3, -0.25) is 0 Å². The lowest BCUT2D eigenvalue weighted by atomic mass is 9.86. The van der Waals surface area contributed by atoms with Crippen molar-refractivity contribution in [2.24, 2.45) is 11.7 Å². The first-order valence-corrected chi connectivity index (χ1v) is 5.51. The van der Waals surface area contributed by atoms with Crippen molar-refractivity contribution in [3.8, 4) is 0 Å². The van der Waals surface area contributed by atoms with Crippen molar-refractivity contribution in [1.29, 1.82) is 0 Å². The van der Waals surface area contributed by atoms with Gasteiger partial charge in [-0.05, 0) is 43.8 Å². The van der Waals surface area contributed by atoms with Crippen LogP contribution in [-0.2, 0) is 0 Å². The summed E-state index contributed by atoms with van der Waals surface area (Å²) >= 11 is 4.77. The summed E-state index contributed by atoms with van der Waals surface area (Å²) in [6.45, 7) is 0.551. The lowest BCUT2D eigenvalue weighted by molar-refractivity contribution is 0.189. The highest BCUT2D eigenvalue weighted by molar-refractivity contribution is 7.80. The fraction of sp³-hybridized carbons (Fsp3) is 0.778. The van der Waals surface area contributed by atoms with Crippen LogP contribution in [-0.4, -0.2) is 28.9 Å². The zero-order valence-electron chi connectivity index (χ0n) is 8.53. The van der Waals surface area contributed by atoms with Crippen LogP contribution >= 0.6 is 12.2 Å². The maximum absolute atomic E-state index is 10.3. The average molecular weight is 231 g/mol. The van der Waals surface area contributed by atoms with Crippen LogP contribution in [0, 0.1) is 5.92 Å². The van der Waals surface area contributed by atoms with Crippen LogP contribution < -0.4 is 16.4 Å². The molecule has 0 aromatic heterocycles. The van der Waals surface area contributed by atoms with E-state index in [1.807, 2.05) is 0 Å². The van der Waals surface area contributed by atoms with E-state index in [1.165, 1.54) is 0 Å². The number of carboxylic acid groups (broad SMARTS) is 1. The van der Waals surface area contributed by atoms with Gasteiger partial charge in [0.05, 0.1) is 0 Å². The third-order valence-electron chi connectivity index (χ3n) is 2.74. The normalized spacial score (nSPS) is 25.6. The maximum atomic E-state index is 10.3. The second-order valence-electron chi connectivity index (χ2n) is 3.91. The highest BCUT2D eigenvalue weighted by atomic mass is 32.1. The smallest absolute Gasteiger partial charge is 0.404 e. The topological polar surface area (TPSA) is 87.4 Å². The van der Waals surface area contributed by atoms with Gasteiger partial charge < -0.3 is 21.5 Å². The lowest BCUT2D eigenvalue weighted by Crippen LogP contribution is -2.41. The number of nitrogens with one attached hydrogen (secondary N) is 2. The molecule has 0 heterocycles. The number of hydrogen-bond donors (Lipinski definition) is 4. The number of thiocarbonyl (C=S) groups is 1. The van der Waals surface area contributed by atoms with Gasteiger partial charge in [-0.15, -0.1) is 0 Å². The Labute approximate surface area is 94.4 Å². The molecule has 5 nitrogen and oxygen atoms in total. The number of amides is 1. The fourth-order valence-corrected chi connectivity index (χ4v) is 2.11. The second kappa shape index (κ2) is 5.75. The Bertz CT molecular complexity index is 240. The van der Waals surface area contributed by atoms with Crippen molar-refractivity contribution < 1.29 is 9.90 Å². The van der Waals surface area contributed by atoms with Crippen LogP contribution in [0.5, 0.6) is 0 Å². The van der Waals surface area contributed by atoms with Crippen LogP contribution in [0.3, 0.4) is 0 Å². The van der Waals surface area contributed by atoms with Crippen LogP contribution in [0.25, 0.3) is 0 Å². The summed E-state index contributed by atoms with van der Waals surface area (Å²) in [7, 11) is 0. The molecule has 0 aromatic carbocycles. The van der Waals surface area contributed by atoms with Gasteiger partial charge in [0.1, 0.15) is 0 Å². The largest absolute Gasteiger partial charge is 0.465 e. The second-order valence-corrected chi connectivity index (χ2v) is 4.35. The van der Waals surface area contributed by atoms with E-state index < -0.39 is 6.09 Å². The van der Waals surface area contributed by atoms with E-state index in [-0.39, 0.29) is 0 Å². The Morgan fingerprint density at radius 1 is 1.40 bits per heavy atom. The molecule has 1 saturated carbocycles. The quantitative estimate of drug-likeness (QED) is 0.536. The van der Waals surface area contributed by atoms with E-state index in [1.54, 1.807) is 0 Å². The first-order chi connectivity index (χ1) is 7.08. The molecular weight excluding hydrogens is 214 g/mol. The van der Waals surface area contributed by atoms with Gasteiger partial charge in [-0.2, -0.15) is 0 Å². The summed E-state index contributed by atoms with van der Waals surface area (Å²) in [6, 6.07) is 0.364. The van der Waals surface area contributed by atoms with Crippen LogP contribution in [0.2, 0.25) is 0 Å². The first kappa shape index (κ1) is 12.0. The number of nitrogens with two attached hydrogens (primary N) is 1. The van der Waals surface area contributed by atoms with Crippen molar-refractivity contribution in [2.75, 3.05) is 6.54 Å². The van der Waals surface area contributed by atoms with Gasteiger partial charge in [0.2, 0.25) is 0 Å². The van der Waals surface area contributed by atoms with E-state index in [4.69, 9.17) is 23.1 Å². The van der Waals surface area contributed by atoms with E-state index in [0.29, 0.717) is 23.6 Å². The zero-order valence-corrected chi connectivity index (χ0v) is 9.35. The Morgan fingerprint density at radius 2 is 2.00 bits per heavy atom. The average Bonchev–Trinajstić information content (AvgIpc) is 2.16. The van der Waals surface area contributed by atoms with Crippen LogP contribution in [0.15, 0.2) is 0 Å². The Hall–Kier alpha value is -1.04. The molecule has 0 atom stereocenters. The molecule has 15 heavy (non-hydrogen) atoms. The molecule has 0 spiro atoms. The summed E-state index contributed by atoms with van der Waals surface area (Å²) < 4.78 is 0. The molecule has 1 fully saturated rings. The molecule has 1 rings (SSSR count). The third-order valence-corrected chi connectivity index (χ3v) is 2.85. The monoisotopic (exact) mass is 231 g/mol. The molecule has 0 aliphatic heterocycles. The van der Waals surface area contributed by atoms with Crippen LogP contribution in [0.1, 0.15) is 25.7 Å². The number of rotatable bonds is 3. The first-order valence-electron chi connectivity index (χ1n) is 5.10. The highest BCUT2D eigenvalue weighted by Gasteiger charge is 2.21. The summed E-state index contributed by atoms with van der Waals surface area (Å²) in [5.74, 6) is 0.450. The SMILES string of the molecule is NC(=S)NC1CCC(CNC(=O)O)CC1. The van der Waals surface area contributed by atoms with Crippen molar-refractivity contribution in [3.05, 3.63) is 0 Å². The van der Waals surface area contributed by atoms with Crippen LogP contribution in [0.4, 0.5) is 4.79 Å². The summed E-state index contributed by atoms with van der Waals surface area (Å²) in [4.78, 5) is 10.3. The molecule has 0 unspecified atom stereocenters. The summed E-state index contributed by atoms with van der Waals surface area (Å²) in [6.07, 6.45) is 3.09. The van der Waals surface area contributed by atoms with Crippen molar-refractivity contribution >= 4 is 23.4 Å². The molecule has 1 amide bonds. The van der Waals surface area contributed by atoms with E-state index in [2.05, 4.69) is 10.6 Å². The summed E-state index contributed by atoms with van der Waals surface area (Å²) in [5, 5.41) is 14.3. The number of hydrogen-bond acceptors (Lipinski definition) is 2. The molecule has 1 aliphatic carbocycles. The minimum Gasteiger partial charge on any atom is -0.465 e. The van der Waals surface area contributed by atoms with Crippen molar-refractivity contribution in [1.82, 2.24) is 10.6 Å². The van der Waals surface area contributed by atoms with E-state index >= 15 is 0 Å². The predicted octanol–water partition coefficient (Wildman–Crippen LogP) is 0.646. The van der Waals surface area contributed by atoms with Gasteiger partial charge in [-0.1, -0.05) is 0 Å². The van der Waals surface area contributed by atoms with E-state index in [9.17, 15) is 4.79 Å². The van der Waals surface area contributed by atoms with Gasteiger partial charge in [0.15, 0.2) is 5.11 Å². The highest BCUT2D eigenvalue weighted by Crippen LogP contribution is 2.23. The molecule has 0 aromatic rings. The Kier molecular flexibility index (Phi) is 4.61. The zero-order chi connectivity index (χ0) is 11.3. The Balaban J connectivity index is 2.18. The van der Waals surface area contributed by atoms with Gasteiger partial charge >= 0.3 is 6.09 Å². The molecule has 1 aliphatic rings. The molecule has 5 N–H and O–H groups in total.